The van der Waals surface area contributed by atoms with Crippen LogP contribution in [0, 0.1) is 12.8 Å². The first-order chi connectivity index (χ1) is 14.7. The fourth-order valence-electron chi connectivity index (χ4n) is 4.96. The number of fused-ring (bicyclic) bond motifs is 1. The van der Waals surface area contributed by atoms with Crippen LogP contribution in [0.3, 0.4) is 0 Å². The van der Waals surface area contributed by atoms with Gasteiger partial charge in [0.2, 0.25) is 5.91 Å². The van der Waals surface area contributed by atoms with E-state index in [-0.39, 0.29) is 12.0 Å². The van der Waals surface area contributed by atoms with Crippen molar-refractivity contribution in [2.24, 2.45) is 10.9 Å². The number of hydrogen-bond donors (Lipinski definition) is 3. The summed E-state index contributed by atoms with van der Waals surface area (Å²) in [5.74, 6) is 1.49. The number of nitrogens with one attached hydrogen (secondary N) is 3. The molecule has 0 bridgehead atoms. The second-order valence-corrected chi connectivity index (χ2v) is 8.72. The highest BCUT2D eigenvalue weighted by Gasteiger charge is 2.32. The molecule has 1 aromatic carbocycles. The standard InChI is InChI=1S/C24H35N5O/c1-3-25-24(26-13-11-19-15-27-21-10-6-7-17(2)22(19)21)28-20-12-14-29(16-20)23(30)18-8-4-5-9-18/h6-7,10,15,18,20,27H,3-5,8-9,11-14,16H2,1-2H3,(H2,25,26,28). The van der Waals surface area contributed by atoms with Gasteiger partial charge in [-0.25, -0.2) is 0 Å². The molecular formula is C24H35N5O. The number of carbonyl (C=O) groups excluding carboxylic acids is 1. The molecule has 162 valence electrons. The maximum absolute atomic E-state index is 12.7. The molecule has 0 radical (unpaired) electrons. The van der Waals surface area contributed by atoms with E-state index in [1.54, 1.807) is 0 Å². The van der Waals surface area contributed by atoms with Crippen LogP contribution in [0.2, 0.25) is 0 Å². The number of carbonyl (C=O) groups is 1. The van der Waals surface area contributed by atoms with Gasteiger partial charge >= 0.3 is 0 Å². The number of rotatable bonds is 6. The largest absolute Gasteiger partial charge is 0.361 e. The number of H-pyrrole nitrogens is 1. The van der Waals surface area contributed by atoms with E-state index in [0.29, 0.717) is 5.91 Å². The number of amides is 1. The zero-order valence-electron chi connectivity index (χ0n) is 18.3. The first-order valence-corrected chi connectivity index (χ1v) is 11.5. The van der Waals surface area contributed by atoms with E-state index in [2.05, 4.69) is 58.8 Å². The molecule has 6 heteroatoms. The number of aromatic amines is 1. The highest BCUT2D eigenvalue weighted by Crippen LogP contribution is 2.28. The van der Waals surface area contributed by atoms with Crippen molar-refractivity contribution < 1.29 is 4.79 Å². The lowest BCUT2D eigenvalue weighted by Crippen LogP contribution is -2.45. The van der Waals surface area contributed by atoms with Crippen LogP contribution in [0.15, 0.2) is 29.4 Å². The van der Waals surface area contributed by atoms with E-state index < -0.39 is 0 Å². The van der Waals surface area contributed by atoms with E-state index in [4.69, 9.17) is 4.99 Å². The third-order valence-corrected chi connectivity index (χ3v) is 6.54. The topological polar surface area (TPSA) is 72.5 Å². The summed E-state index contributed by atoms with van der Waals surface area (Å²) in [6.45, 7) is 7.46. The Balaban J connectivity index is 1.33. The molecule has 0 spiro atoms. The van der Waals surface area contributed by atoms with Gasteiger partial charge in [-0.15, -0.1) is 0 Å². The van der Waals surface area contributed by atoms with Gasteiger partial charge < -0.3 is 20.5 Å². The van der Waals surface area contributed by atoms with Gasteiger partial charge in [0.05, 0.1) is 0 Å². The van der Waals surface area contributed by atoms with Gasteiger partial charge in [-0.1, -0.05) is 25.0 Å². The Morgan fingerprint density at radius 1 is 1.27 bits per heavy atom. The van der Waals surface area contributed by atoms with Gasteiger partial charge in [0.15, 0.2) is 5.96 Å². The maximum Gasteiger partial charge on any atom is 0.225 e. The average molecular weight is 410 g/mol. The average Bonchev–Trinajstić information content (AvgIpc) is 3.49. The van der Waals surface area contributed by atoms with Crippen LogP contribution >= 0.6 is 0 Å². The molecule has 1 saturated carbocycles. The fraction of sp³-hybridized carbons (Fsp3) is 0.583. The minimum Gasteiger partial charge on any atom is -0.361 e. The lowest BCUT2D eigenvalue weighted by Gasteiger charge is -2.21. The second kappa shape index (κ2) is 9.54. The third kappa shape index (κ3) is 4.63. The Labute approximate surface area is 179 Å². The molecule has 1 amide bonds. The lowest BCUT2D eigenvalue weighted by molar-refractivity contribution is -0.134. The zero-order valence-corrected chi connectivity index (χ0v) is 18.3. The van der Waals surface area contributed by atoms with Gasteiger partial charge in [-0.2, -0.15) is 0 Å². The van der Waals surface area contributed by atoms with Crippen LogP contribution in [0.1, 0.15) is 50.2 Å². The molecule has 2 aliphatic rings. The van der Waals surface area contributed by atoms with Gasteiger partial charge in [0.1, 0.15) is 0 Å². The predicted octanol–water partition coefficient (Wildman–Crippen LogP) is 3.37. The summed E-state index contributed by atoms with van der Waals surface area (Å²) < 4.78 is 0. The number of guanidine groups is 1. The Morgan fingerprint density at radius 3 is 2.90 bits per heavy atom. The summed E-state index contributed by atoms with van der Waals surface area (Å²) >= 11 is 0. The van der Waals surface area contributed by atoms with Crippen LogP contribution in [0.5, 0.6) is 0 Å². The fourth-order valence-corrected chi connectivity index (χ4v) is 4.96. The number of nitrogens with zero attached hydrogens (tertiary/aromatic N) is 2. The van der Waals surface area contributed by atoms with E-state index in [1.165, 1.54) is 34.9 Å². The molecule has 2 aromatic rings. The van der Waals surface area contributed by atoms with Crippen LogP contribution in [-0.4, -0.2) is 54.0 Å². The SMILES string of the molecule is CCNC(=NCCc1c[nH]c2cccc(C)c12)NC1CCN(C(=O)C2CCCC2)C1. The highest BCUT2D eigenvalue weighted by molar-refractivity contribution is 5.86. The minimum atomic E-state index is 0.269. The molecule has 1 atom stereocenters. The molecule has 30 heavy (non-hydrogen) atoms. The molecule has 1 aliphatic heterocycles. The third-order valence-electron chi connectivity index (χ3n) is 6.54. The van der Waals surface area contributed by atoms with Crippen LogP contribution < -0.4 is 10.6 Å². The summed E-state index contributed by atoms with van der Waals surface area (Å²) in [6.07, 6.45) is 8.56. The molecule has 6 nitrogen and oxygen atoms in total. The molecule has 3 N–H and O–H groups in total. The Hall–Kier alpha value is -2.50. The Bertz CT molecular complexity index is 896. The molecular weight excluding hydrogens is 374 g/mol. The second-order valence-electron chi connectivity index (χ2n) is 8.72. The molecule has 2 fully saturated rings. The van der Waals surface area contributed by atoms with Crippen molar-refractivity contribution in [3.05, 3.63) is 35.5 Å². The molecule has 1 saturated heterocycles. The van der Waals surface area contributed by atoms with Crippen molar-refractivity contribution in [3.63, 3.8) is 0 Å². The molecule has 1 aliphatic carbocycles. The Morgan fingerprint density at radius 2 is 2.10 bits per heavy atom. The van der Waals surface area contributed by atoms with Crippen molar-refractivity contribution in [3.8, 4) is 0 Å². The molecule has 2 heterocycles. The van der Waals surface area contributed by atoms with E-state index in [1.807, 2.05) is 0 Å². The van der Waals surface area contributed by atoms with Gasteiger partial charge in [0, 0.05) is 55.2 Å². The monoisotopic (exact) mass is 409 g/mol. The number of benzene rings is 1. The van der Waals surface area contributed by atoms with Crippen molar-refractivity contribution in [1.82, 2.24) is 20.5 Å². The van der Waals surface area contributed by atoms with E-state index in [0.717, 1.165) is 57.8 Å². The summed E-state index contributed by atoms with van der Waals surface area (Å²) in [6, 6.07) is 6.65. The minimum absolute atomic E-state index is 0.269. The van der Waals surface area contributed by atoms with Crippen LogP contribution in [0.4, 0.5) is 0 Å². The summed E-state index contributed by atoms with van der Waals surface area (Å²) in [5.41, 5.74) is 3.81. The predicted molar refractivity (Wildman–Crippen MR) is 123 cm³/mol. The van der Waals surface area contributed by atoms with Gasteiger partial charge in [-0.3, -0.25) is 9.79 Å². The first-order valence-electron chi connectivity index (χ1n) is 11.5. The van der Waals surface area contributed by atoms with Crippen LogP contribution in [-0.2, 0) is 11.2 Å². The van der Waals surface area contributed by atoms with Crippen molar-refractivity contribution in [2.45, 2.75) is 58.4 Å². The lowest BCUT2D eigenvalue weighted by atomic mass is 10.1. The van der Waals surface area contributed by atoms with Gasteiger partial charge in [-0.05, 0) is 56.7 Å². The molecule has 4 rings (SSSR count). The quantitative estimate of drug-likeness (QED) is 0.506. The number of aryl methyl sites for hydroxylation is 1. The first kappa shape index (κ1) is 20.8. The summed E-state index contributed by atoms with van der Waals surface area (Å²) in [7, 11) is 0. The summed E-state index contributed by atoms with van der Waals surface area (Å²) in [5, 5.41) is 8.24. The van der Waals surface area contributed by atoms with Crippen LogP contribution in [0.25, 0.3) is 10.9 Å². The normalized spacial score (nSPS) is 20.3. The van der Waals surface area contributed by atoms with Crippen molar-refractivity contribution in [2.75, 3.05) is 26.2 Å². The smallest absolute Gasteiger partial charge is 0.225 e. The number of likely N-dealkylation sites (tertiary alicyclic amines) is 1. The number of hydrogen-bond acceptors (Lipinski definition) is 2. The highest BCUT2D eigenvalue weighted by atomic mass is 16.2. The summed E-state index contributed by atoms with van der Waals surface area (Å²) in [4.78, 5) is 22.9. The van der Waals surface area contributed by atoms with Gasteiger partial charge in [0.25, 0.3) is 0 Å². The zero-order chi connectivity index (χ0) is 20.9. The van der Waals surface area contributed by atoms with E-state index >= 15 is 0 Å². The maximum atomic E-state index is 12.7. The van der Waals surface area contributed by atoms with Crippen molar-refractivity contribution >= 4 is 22.8 Å². The number of aliphatic imine (C=N–C) groups is 1. The molecule has 1 unspecified atom stereocenters. The van der Waals surface area contributed by atoms with Crippen molar-refractivity contribution in [1.29, 1.82) is 0 Å². The Kier molecular flexibility index (Phi) is 6.60. The molecule has 1 aromatic heterocycles. The van der Waals surface area contributed by atoms with E-state index in [9.17, 15) is 4.79 Å². The number of aromatic nitrogens is 1.